The third kappa shape index (κ3) is 2.57. The molecule has 0 aromatic heterocycles. The number of aliphatic hydroxyl groups is 1. The van der Waals surface area contributed by atoms with Crippen molar-refractivity contribution in [3.8, 4) is 0 Å². The molecule has 90 valence electrons. The van der Waals surface area contributed by atoms with Crippen LogP contribution < -0.4 is 5.73 Å². The first kappa shape index (κ1) is 13.1. The molecule has 0 radical (unpaired) electrons. The van der Waals surface area contributed by atoms with Crippen LogP contribution in [-0.4, -0.2) is 18.3 Å². The van der Waals surface area contributed by atoms with Crippen molar-refractivity contribution in [1.29, 1.82) is 0 Å². The largest absolute Gasteiger partial charge is 0.396 e. The SMILES string of the molecule is CCC(CN)(CO)Cc1cccc(F)c1F. The highest BCUT2D eigenvalue weighted by Crippen LogP contribution is 2.27. The van der Waals surface area contributed by atoms with Gasteiger partial charge >= 0.3 is 0 Å². The molecule has 0 aliphatic carbocycles. The molecule has 2 nitrogen and oxygen atoms in total. The minimum atomic E-state index is -0.863. The van der Waals surface area contributed by atoms with Gasteiger partial charge in [-0.05, 0) is 24.5 Å². The van der Waals surface area contributed by atoms with E-state index in [-0.39, 0.29) is 25.1 Å². The molecule has 1 atom stereocenters. The quantitative estimate of drug-likeness (QED) is 0.809. The molecule has 4 heteroatoms. The second-order valence-electron chi connectivity index (χ2n) is 4.11. The average Bonchev–Trinajstić information content (AvgIpc) is 2.32. The number of hydrogen-bond donors (Lipinski definition) is 2. The van der Waals surface area contributed by atoms with Gasteiger partial charge in [0.15, 0.2) is 11.6 Å². The predicted octanol–water partition coefficient (Wildman–Crippen LogP) is 1.85. The summed E-state index contributed by atoms with van der Waals surface area (Å²) in [6.07, 6.45) is 0.871. The lowest BCUT2D eigenvalue weighted by molar-refractivity contribution is 0.126. The zero-order valence-electron chi connectivity index (χ0n) is 9.34. The molecular weight excluding hydrogens is 212 g/mol. The molecule has 16 heavy (non-hydrogen) atoms. The standard InChI is InChI=1S/C12H17F2NO/c1-2-12(7-15,8-16)6-9-4-3-5-10(13)11(9)14/h3-5,16H,2,6-8,15H2,1H3. The van der Waals surface area contributed by atoms with Crippen molar-refractivity contribution in [2.24, 2.45) is 11.1 Å². The van der Waals surface area contributed by atoms with E-state index in [1.54, 1.807) is 0 Å². The van der Waals surface area contributed by atoms with E-state index in [9.17, 15) is 13.9 Å². The van der Waals surface area contributed by atoms with E-state index in [2.05, 4.69) is 0 Å². The van der Waals surface area contributed by atoms with Crippen molar-refractivity contribution in [3.05, 3.63) is 35.4 Å². The number of rotatable bonds is 5. The van der Waals surface area contributed by atoms with Gasteiger partial charge in [-0.15, -0.1) is 0 Å². The first-order valence-electron chi connectivity index (χ1n) is 5.32. The maximum atomic E-state index is 13.4. The maximum absolute atomic E-state index is 13.4. The van der Waals surface area contributed by atoms with Crippen molar-refractivity contribution < 1.29 is 13.9 Å². The molecule has 0 saturated heterocycles. The maximum Gasteiger partial charge on any atom is 0.162 e. The van der Waals surface area contributed by atoms with Crippen LogP contribution in [-0.2, 0) is 6.42 Å². The number of benzene rings is 1. The molecule has 1 rings (SSSR count). The summed E-state index contributed by atoms with van der Waals surface area (Å²) >= 11 is 0. The van der Waals surface area contributed by atoms with E-state index >= 15 is 0 Å². The van der Waals surface area contributed by atoms with Crippen molar-refractivity contribution in [2.45, 2.75) is 19.8 Å². The molecule has 0 spiro atoms. The summed E-state index contributed by atoms with van der Waals surface area (Å²) < 4.78 is 26.4. The van der Waals surface area contributed by atoms with Crippen LogP contribution in [0.25, 0.3) is 0 Å². The molecule has 0 aliphatic rings. The summed E-state index contributed by atoms with van der Waals surface area (Å²) in [5, 5.41) is 9.30. The second-order valence-corrected chi connectivity index (χ2v) is 4.11. The van der Waals surface area contributed by atoms with Crippen LogP contribution in [0.5, 0.6) is 0 Å². The third-order valence-corrected chi connectivity index (χ3v) is 3.12. The van der Waals surface area contributed by atoms with Gasteiger partial charge in [0.05, 0.1) is 6.61 Å². The minimum Gasteiger partial charge on any atom is -0.396 e. The Balaban J connectivity index is 2.98. The van der Waals surface area contributed by atoms with Gasteiger partial charge in [-0.3, -0.25) is 0 Å². The van der Waals surface area contributed by atoms with E-state index in [1.807, 2.05) is 6.92 Å². The monoisotopic (exact) mass is 229 g/mol. The van der Waals surface area contributed by atoms with Gasteiger partial charge in [-0.2, -0.15) is 0 Å². The lowest BCUT2D eigenvalue weighted by Crippen LogP contribution is -2.36. The first-order chi connectivity index (χ1) is 7.58. The van der Waals surface area contributed by atoms with Crippen molar-refractivity contribution in [3.63, 3.8) is 0 Å². The number of nitrogens with two attached hydrogens (primary N) is 1. The summed E-state index contributed by atoms with van der Waals surface area (Å²) in [5.74, 6) is -1.71. The van der Waals surface area contributed by atoms with Gasteiger partial charge in [0.2, 0.25) is 0 Å². The van der Waals surface area contributed by atoms with Gasteiger partial charge < -0.3 is 10.8 Å². The van der Waals surface area contributed by atoms with E-state index in [0.29, 0.717) is 6.42 Å². The zero-order valence-corrected chi connectivity index (χ0v) is 9.34. The minimum absolute atomic E-state index is 0.129. The van der Waals surface area contributed by atoms with Crippen LogP contribution in [0.1, 0.15) is 18.9 Å². The Labute approximate surface area is 94.1 Å². The lowest BCUT2D eigenvalue weighted by atomic mass is 9.80. The topological polar surface area (TPSA) is 46.2 Å². The number of halogens is 2. The summed E-state index contributed by atoms with van der Waals surface area (Å²) in [6, 6.07) is 4.06. The summed E-state index contributed by atoms with van der Waals surface area (Å²) in [4.78, 5) is 0. The Bertz CT molecular complexity index is 343. The Kier molecular flexibility index (Phi) is 4.38. The van der Waals surface area contributed by atoms with Gasteiger partial charge in [0.1, 0.15) is 0 Å². The Morgan fingerprint density at radius 3 is 2.56 bits per heavy atom. The molecule has 0 bridgehead atoms. The number of aliphatic hydroxyl groups excluding tert-OH is 1. The van der Waals surface area contributed by atoms with Crippen molar-refractivity contribution in [2.75, 3.05) is 13.2 Å². The summed E-state index contributed by atoms with van der Waals surface area (Å²) in [7, 11) is 0. The van der Waals surface area contributed by atoms with Crippen LogP contribution in [0.2, 0.25) is 0 Å². The van der Waals surface area contributed by atoms with Crippen LogP contribution in [0.4, 0.5) is 8.78 Å². The predicted molar refractivity (Wildman–Crippen MR) is 58.9 cm³/mol. The molecule has 0 saturated carbocycles. The first-order valence-corrected chi connectivity index (χ1v) is 5.32. The summed E-state index contributed by atoms with van der Waals surface area (Å²) in [5.41, 5.74) is 5.29. The zero-order chi connectivity index (χ0) is 12.2. The Morgan fingerprint density at radius 2 is 2.06 bits per heavy atom. The molecule has 0 amide bonds. The average molecular weight is 229 g/mol. The van der Waals surface area contributed by atoms with Crippen LogP contribution in [0.3, 0.4) is 0 Å². The molecular formula is C12H17F2NO. The Hall–Kier alpha value is -1.00. The molecule has 1 unspecified atom stereocenters. The van der Waals surface area contributed by atoms with Crippen LogP contribution >= 0.6 is 0 Å². The normalized spacial score (nSPS) is 14.8. The fourth-order valence-electron chi connectivity index (χ4n) is 1.66. The molecule has 0 heterocycles. The highest BCUT2D eigenvalue weighted by Gasteiger charge is 2.27. The van der Waals surface area contributed by atoms with Crippen molar-refractivity contribution >= 4 is 0 Å². The molecule has 1 aromatic carbocycles. The highest BCUT2D eigenvalue weighted by molar-refractivity contribution is 5.20. The van der Waals surface area contributed by atoms with Gasteiger partial charge in [0.25, 0.3) is 0 Å². The van der Waals surface area contributed by atoms with Crippen LogP contribution in [0.15, 0.2) is 18.2 Å². The fraction of sp³-hybridized carbons (Fsp3) is 0.500. The highest BCUT2D eigenvalue weighted by atomic mass is 19.2. The number of hydrogen-bond acceptors (Lipinski definition) is 2. The fourth-order valence-corrected chi connectivity index (χ4v) is 1.66. The van der Waals surface area contributed by atoms with E-state index < -0.39 is 17.0 Å². The molecule has 3 N–H and O–H groups in total. The summed E-state index contributed by atoms with van der Waals surface area (Å²) in [6.45, 7) is 1.99. The molecule has 1 aromatic rings. The molecule has 0 aliphatic heterocycles. The smallest absolute Gasteiger partial charge is 0.162 e. The van der Waals surface area contributed by atoms with E-state index in [4.69, 9.17) is 5.73 Å². The third-order valence-electron chi connectivity index (χ3n) is 3.12. The van der Waals surface area contributed by atoms with Gasteiger partial charge in [-0.1, -0.05) is 19.1 Å². The van der Waals surface area contributed by atoms with E-state index in [0.717, 1.165) is 6.07 Å². The molecule has 0 fully saturated rings. The van der Waals surface area contributed by atoms with Gasteiger partial charge in [-0.25, -0.2) is 8.78 Å². The van der Waals surface area contributed by atoms with Crippen LogP contribution in [0, 0.1) is 17.0 Å². The van der Waals surface area contributed by atoms with Gasteiger partial charge in [0, 0.05) is 12.0 Å². The second kappa shape index (κ2) is 5.37. The lowest BCUT2D eigenvalue weighted by Gasteiger charge is -2.29. The van der Waals surface area contributed by atoms with Crippen molar-refractivity contribution in [1.82, 2.24) is 0 Å². The Morgan fingerprint density at radius 1 is 1.38 bits per heavy atom. The van der Waals surface area contributed by atoms with E-state index in [1.165, 1.54) is 12.1 Å².